The normalized spacial score (nSPS) is 18.3. The van der Waals surface area contributed by atoms with Gasteiger partial charge in [-0.15, -0.1) is 6.58 Å². The van der Waals surface area contributed by atoms with Crippen LogP contribution < -0.4 is 15.6 Å². The second kappa shape index (κ2) is 12.0. The maximum Gasteiger partial charge on any atom is 0.502 e. The molecular formula is C26H36O6Si4. The third kappa shape index (κ3) is 6.29. The highest BCUT2D eigenvalue weighted by atomic mass is 28.5. The molecule has 0 aromatic heterocycles. The fourth-order valence-corrected chi connectivity index (χ4v) is 18.5. The zero-order chi connectivity index (χ0) is 26.3. The van der Waals surface area contributed by atoms with E-state index in [2.05, 4.69) is 6.58 Å². The molecule has 0 fully saturated rings. The second-order valence-electron chi connectivity index (χ2n) is 8.66. The van der Waals surface area contributed by atoms with Gasteiger partial charge in [0.2, 0.25) is 0 Å². The third-order valence-electron chi connectivity index (χ3n) is 6.32. The summed E-state index contributed by atoms with van der Waals surface area (Å²) in [6, 6.07) is 29.8. The summed E-state index contributed by atoms with van der Waals surface area (Å²) in [6.07, 6.45) is 0. The Labute approximate surface area is 219 Å². The lowest BCUT2D eigenvalue weighted by Crippen LogP contribution is -2.70. The summed E-state index contributed by atoms with van der Waals surface area (Å²) in [5, 5.41) is 2.87. The van der Waals surface area contributed by atoms with Gasteiger partial charge in [-0.2, -0.15) is 0 Å². The maximum atomic E-state index is 6.95. The highest BCUT2D eigenvalue weighted by molar-refractivity contribution is 6.97. The van der Waals surface area contributed by atoms with Gasteiger partial charge < -0.3 is 25.6 Å². The maximum absolute atomic E-state index is 6.95. The van der Waals surface area contributed by atoms with Crippen molar-refractivity contribution in [2.75, 3.05) is 21.3 Å². The molecule has 0 spiro atoms. The van der Waals surface area contributed by atoms with Crippen molar-refractivity contribution in [3.63, 3.8) is 0 Å². The zero-order valence-corrected chi connectivity index (χ0v) is 25.9. The van der Waals surface area contributed by atoms with E-state index in [-0.39, 0.29) is 0 Å². The molecule has 10 heteroatoms. The molecule has 0 aliphatic heterocycles. The van der Waals surface area contributed by atoms with Crippen LogP contribution >= 0.6 is 0 Å². The summed E-state index contributed by atoms with van der Waals surface area (Å²) in [7, 11) is -7.75. The zero-order valence-electron chi connectivity index (χ0n) is 21.9. The van der Waals surface area contributed by atoms with Crippen LogP contribution in [-0.2, 0) is 25.6 Å². The van der Waals surface area contributed by atoms with Crippen molar-refractivity contribution >= 4 is 50.0 Å². The minimum atomic E-state index is -3.71. The van der Waals surface area contributed by atoms with Crippen molar-refractivity contribution in [2.45, 2.75) is 19.6 Å². The van der Waals surface area contributed by atoms with Crippen LogP contribution in [0.15, 0.2) is 103 Å². The van der Waals surface area contributed by atoms with E-state index in [4.69, 9.17) is 25.6 Å². The van der Waals surface area contributed by atoms with E-state index in [0.717, 1.165) is 15.6 Å². The molecule has 0 saturated carbocycles. The summed E-state index contributed by atoms with van der Waals surface area (Å²) in [5.41, 5.74) is 1.68. The molecule has 3 atom stereocenters. The van der Waals surface area contributed by atoms with Crippen LogP contribution in [0, 0.1) is 0 Å². The van der Waals surface area contributed by atoms with E-state index in [9.17, 15) is 0 Å². The molecule has 0 radical (unpaired) electrons. The first kappa shape index (κ1) is 28.6. The first-order valence-electron chi connectivity index (χ1n) is 11.7. The minimum Gasteiger partial charge on any atom is -0.395 e. The second-order valence-corrected chi connectivity index (χ2v) is 21.4. The van der Waals surface area contributed by atoms with E-state index in [1.165, 1.54) is 0 Å². The van der Waals surface area contributed by atoms with Crippen LogP contribution in [0.25, 0.3) is 0 Å². The molecule has 192 valence electrons. The highest BCUT2D eigenvalue weighted by Gasteiger charge is 2.57. The molecule has 3 aromatic carbocycles. The number of hydrogen-bond acceptors (Lipinski definition) is 6. The van der Waals surface area contributed by atoms with Crippen LogP contribution in [0.3, 0.4) is 0 Å². The molecular weight excluding hydrogens is 521 g/mol. The van der Waals surface area contributed by atoms with Gasteiger partial charge in [-0.25, -0.2) is 0 Å². The Kier molecular flexibility index (Phi) is 9.57. The van der Waals surface area contributed by atoms with E-state index in [0.29, 0.717) is 0 Å². The van der Waals surface area contributed by atoms with E-state index >= 15 is 0 Å². The van der Waals surface area contributed by atoms with Gasteiger partial charge in [0, 0.05) is 21.3 Å². The van der Waals surface area contributed by atoms with Crippen LogP contribution in [0.1, 0.15) is 0 Å². The van der Waals surface area contributed by atoms with Crippen molar-refractivity contribution in [1.82, 2.24) is 0 Å². The molecule has 6 nitrogen and oxygen atoms in total. The first-order chi connectivity index (χ1) is 17.2. The van der Waals surface area contributed by atoms with E-state index < -0.39 is 34.5 Å². The van der Waals surface area contributed by atoms with Crippen molar-refractivity contribution in [1.29, 1.82) is 0 Å². The summed E-state index contributed by atoms with van der Waals surface area (Å²) in [4.78, 5) is 0. The number of rotatable bonds is 13. The van der Waals surface area contributed by atoms with Crippen LogP contribution in [0.4, 0.5) is 0 Å². The van der Waals surface area contributed by atoms with Gasteiger partial charge >= 0.3 is 34.5 Å². The van der Waals surface area contributed by atoms with Gasteiger partial charge in [0.05, 0.1) is 0 Å². The fourth-order valence-electron chi connectivity index (χ4n) is 3.88. The Hall–Kier alpha value is -1.97. The quantitative estimate of drug-likeness (QED) is 0.300. The van der Waals surface area contributed by atoms with Crippen molar-refractivity contribution in [3.8, 4) is 0 Å². The Morgan fingerprint density at radius 1 is 0.500 bits per heavy atom. The smallest absolute Gasteiger partial charge is 0.395 e. The Bertz CT molecular complexity index is 972. The molecule has 0 aliphatic carbocycles. The molecule has 0 saturated heterocycles. The average molecular weight is 557 g/mol. The van der Waals surface area contributed by atoms with Gasteiger partial charge in [0.25, 0.3) is 0 Å². The highest BCUT2D eigenvalue weighted by Crippen LogP contribution is 2.27. The molecule has 3 unspecified atom stereocenters. The van der Waals surface area contributed by atoms with E-state index in [1.807, 2.05) is 111 Å². The molecule has 0 N–H and O–H groups in total. The predicted octanol–water partition coefficient (Wildman–Crippen LogP) is 3.58. The van der Waals surface area contributed by atoms with Gasteiger partial charge in [-0.05, 0) is 40.9 Å². The Morgan fingerprint density at radius 2 is 0.750 bits per heavy atom. The van der Waals surface area contributed by atoms with Gasteiger partial charge in [-0.3, -0.25) is 0 Å². The van der Waals surface area contributed by atoms with Crippen LogP contribution in [-0.4, -0.2) is 55.8 Å². The lowest BCUT2D eigenvalue weighted by molar-refractivity contribution is 0.180. The Morgan fingerprint density at radius 3 is 0.944 bits per heavy atom. The van der Waals surface area contributed by atoms with Gasteiger partial charge in [0.15, 0.2) is 0 Å². The summed E-state index contributed by atoms with van der Waals surface area (Å²) < 4.78 is 39.1. The summed E-state index contributed by atoms with van der Waals surface area (Å²) in [5.74, 6) is 0. The van der Waals surface area contributed by atoms with Crippen molar-refractivity contribution in [2.24, 2.45) is 0 Å². The van der Waals surface area contributed by atoms with Crippen LogP contribution in [0.5, 0.6) is 0 Å². The SMILES string of the molecule is C=C[Si](O[Si](C)(OC)c1ccccc1)(O[Si](C)(OC)c1ccccc1)O[Si](C)(OC)c1ccccc1. The molecule has 0 amide bonds. The lowest BCUT2D eigenvalue weighted by Gasteiger charge is -2.43. The van der Waals surface area contributed by atoms with Crippen molar-refractivity contribution < 1.29 is 25.6 Å². The number of hydrogen-bond donors (Lipinski definition) is 0. The van der Waals surface area contributed by atoms with Crippen LogP contribution in [0.2, 0.25) is 19.6 Å². The average Bonchev–Trinajstić information content (AvgIpc) is 2.94. The standard InChI is InChI=1S/C26H36O6Si4/c1-8-36(30-33(5,27-2)24-18-12-9-13-19-24,31-34(6,28-3)25-20-14-10-15-21-25)32-35(7,29-4)26-22-16-11-17-23-26/h8-23H,1H2,2-7H3. The molecule has 3 aromatic rings. The number of benzene rings is 3. The third-order valence-corrected chi connectivity index (χ3v) is 21.4. The topological polar surface area (TPSA) is 55.4 Å². The largest absolute Gasteiger partial charge is 0.502 e. The minimum absolute atomic E-state index is 0.958. The van der Waals surface area contributed by atoms with E-state index in [1.54, 1.807) is 27.0 Å². The fraction of sp³-hybridized carbons (Fsp3) is 0.231. The first-order valence-corrected chi connectivity index (χ1v) is 20.5. The van der Waals surface area contributed by atoms with Gasteiger partial charge in [-0.1, -0.05) is 91.0 Å². The van der Waals surface area contributed by atoms with Crippen molar-refractivity contribution in [3.05, 3.63) is 103 Å². The molecule has 3 rings (SSSR count). The monoisotopic (exact) mass is 556 g/mol. The van der Waals surface area contributed by atoms with Gasteiger partial charge in [0.1, 0.15) is 0 Å². The Balaban J connectivity index is 2.15. The predicted molar refractivity (Wildman–Crippen MR) is 153 cm³/mol. The molecule has 0 aliphatic rings. The lowest BCUT2D eigenvalue weighted by atomic mass is 10.4. The molecule has 0 bridgehead atoms. The summed E-state index contributed by atoms with van der Waals surface area (Å²) >= 11 is 0. The molecule has 0 heterocycles. The molecule has 36 heavy (non-hydrogen) atoms. The summed E-state index contributed by atoms with van der Waals surface area (Å²) in [6.45, 7) is 10.1.